The van der Waals surface area contributed by atoms with Gasteiger partial charge in [0.15, 0.2) is 0 Å². The van der Waals surface area contributed by atoms with Crippen LogP contribution in [0.5, 0.6) is 0 Å². The van der Waals surface area contributed by atoms with Gasteiger partial charge in [0.05, 0.1) is 6.61 Å². The zero-order chi connectivity index (χ0) is 12.2. The van der Waals surface area contributed by atoms with E-state index in [0.717, 1.165) is 24.3 Å². The molecule has 4 nitrogen and oxygen atoms in total. The van der Waals surface area contributed by atoms with Crippen LogP contribution in [0.25, 0.3) is 0 Å². The molecule has 0 aliphatic heterocycles. The van der Waals surface area contributed by atoms with Gasteiger partial charge in [-0.3, -0.25) is 0 Å². The van der Waals surface area contributed by atoms with Crippen LogP contribution >= 0.6 is 11.8 Å². The van der Waals surface area contributed by atoms with Gasteiger partial charge in [-0.15, -0.1) is 0 Å². The van der Waals surface area contributed by atoms with Crippen molar-refractivity contribution in [2.75, 3.05) is 25.2 Å². The molecule has 0 saturated heterocycles. The van der Waals surface area contributed by atoms with Crippen LogP contribution in [-0.2, 0) is 19.1 Å². The van der Waals surface area contributed by atoms with E-state index in [1.54, 1.807) is 11.8 Å². The molecule has 0 heterocycles. The molecule has 0 N–H and O–H groups in total. The first-order valence-electron chi connectivity index (χ1n) is 4.82. The van der Waals surface area contributed by atoms with E-state index in [2.05, 4.69) is 11.3 Å². The summed E-state index contributed by atoms with van der Waals surface area (Å²) in [5.74, 6) is -0.170. The maximum absolute atomic E-state index is 11.0. The Hall–Kier alpha value is -1.23. The van der Waals surface area contributed by atoms with Crippen molar-refractivity contribution in [3.63, 3.8) is 0 Å². The normalized spacial score (nSPS) is 10.1. The molecule has 0 aliphatic carbocycles. The summed E-state index contributed by atoms with van der Waals surface area (Å²) in [7, 11) is 0. The van der Waals surface area contributed by atoms with Gasteiger partial charge in [-0.25, -0.2) is 9.59 Å². The highest BCUT2D eigenvalue weighted by Crippen LogP contribution is 1.96. The molecule has 5 heteroatoms. The number of esters is 2. The van der Waals surface area contributed by atoms with Crippen LogP contribution in [0.15, 0.2) is 24.8 Å². The second kappa shape index (κ2) is 10.3. The predicted octanol–water partition coefficient (Wildman–Crippen LogP) is 1.57. The van der Waals surface area contributed by atoms with Gasteiger partial charge in [0, 0.05) is 12.2 Å². The monoisotopic (exact) mass is 244 g/mol. The fourth-order valence-corrected chi connectivity index (χ4v) is 1.16. The Morgan fingerprint density at radius 3 is 2.44 bits per heavy atom. The number of carbonyl (C=O) groups is 2. The van der Waals surface area contributed by atoms with Crippen LogP contribution in [-0.4, -0.2) is 37.2 Å². The lowest BCUT2D eigenvalue weighted by atomic mass is 10.5. The number of thioether (sulfide) groups is 1. The average molecular weight is 244 g/mol. The zero-order valence-corrected chi connectivity index (χ0v) is 10.1. The van der Waals surface area contributed by atoms with Crippen LogP contribution in [0, 0.1) is 0 Å². The van der Waals surface area contributed by atoms with E-state index in [9.17, 15) is 9.59 Å². The van der Waals surface area contributed by atoms with Gasteiger partial charge < -0.3 is 9.47 Å². The summed E-state index contributed by atoms with van der Waals surface area (Å²) in [6.07, 6.45) is 6.34. The lowest BCUT2D eigenvalue weighted by Gasteiger charge is -2.00. The van der Waals surface area contributed by atoms with E-state index in [-0.39, 0.29) is 6.61 Å². The Bertz CT molecular complexity index is 261. The second-order valence-corrected chi connectivity index (χ2v) is 3.75. The maximum Gasteiger partial charge on any atom is 0.331 e. The summed E-state index contributed by atoms with van der Waals surface area (Å²) in [5.41, 5.74) is 0. The smallest absolute Gasteiger partial charge is 0.331 e. The lowest BCUT2D eigenvalue weighted by Crippen LogP contribution is -2.05. The molecular weight excluding hydrogens is 228 g/mol. The van der Waals surface area contributed by atoms with E-state index in [4.69, 9.17) is 4.74 Å². The highest BCUT2D eigenvalue weighted by atomic mass is 32.2. The summed E-state index contributed by atoms with van der Waals surface area (Å²) in [4.78, 5) is 22.0. The van der Waals surface area contributed by atoms with Crippen LogP contribution in [0.4, 0.5) is 0 Å². The van der Waals surface area contributed by atoms with Gasteiger partial charge in [0.2, 0.25) is 0 Å². The first-order chi connectivity index (χ1) is 7.70. The molecule has 0 saturated carbocycles. The third kappa shape index (κ3) is 9.33. The SMILES string of the molecule is C=CCOC(=O)/C=C\C(=O)OCCCSC. The van der Waals surface area contributed by atoms with Crippen molar-refractivity contribution in [3.05, 3.63) is 24.8 Å². The van der Waals surface area contributed by atoms with Gasteiger partial charge >= 0.3 is 11.9 Å². The maximum atomic E-state index is 11.0. The lowest BCUT2D eigenvalue weighted by molar-refractivity contribution is -0.139. The fraction of sp³-hybridized carbons (Fsp3) is 0.455. The minimum atomic E-state index is -0.582. The molecule has 0 fully saturated rings. The van der Waals surface area contributed by atoms with Crippen molar-refractivity contribution in [1.82, 2.24) is 0 Å². The van der Waals surface area contributed by atoms with Crippen molar-refractivity contribution in [3.8, 4) is 0 Å². The van der Waals surface area contributed by atoms with Crippen molar-refractivity contribution < 1.29 is 19.1 Å². The Balaban J connectivity index is 3.64. The third-order valence-corrected chi connectivity index (χ3v) is 2.13. The molecule has 16 heavy (non-hydrogen) atoms. The summed E-state index contributed by atoms with van der Waals surface area (Å²) >= 11 is 1.69. The van der Waals surface area contributed by atoms with E-state index < -0.39 is 11.9 Å². The van der Waals surface area contributed by atoms with E-state index in [1.165, 1.54) is 6.08 Å². The molecule has 90 valence electrons. The molecule has 0 atom stereocenters. The summed E-state index contributed by atoms with van der Waals surface area (Å²) in [6.45, 7) is 3.89. The summed E-state index contributed by atoms with van der Waals surface area (Å²) in [5, 5.41) is 0. The Kier molecular flexibility index (Phi) is 9.50. The minimum absolute atomic E-state index is 0.131. The molecule has 0 aliphatic rings. The van der Waals surface area contributed by atoms with Crippen LogP contribution in [0.2, 0.25) is 0 Å². The number of ether oxygens (including phenoxy) is 2. The van der Waals surface area contributed by atoms with Crippen LogP contribution in [0.3, 0.4) is 0 Å². The molecule has 0 spiro atoms. The molecule has 0 amide bonds. The number of hydrogen-bond donors (Lipinski definition) is 0. The number of carbonyl (C=O) groups excluding carboxylic acids is 2. The largest absolute Gasteiger partial charge is 0.462 e. The van der Waals surface area contributed by atoms with Crippen molar-refractivity contribution in [1.29, 1.82) is 0 Å². The quantitative estimate of drug-likeness (QED) is 0.281. The van der Waals surface area contributed by atoms with Gasteiger partial charge in [0.1, 0.15) is 6.61 Å². The molecule has 0 aromatic heterocycles. The zero-order valence-electron chi connectivity index (χ0n) is 9.31. The van der Waals surface area contributed by atoms with E-state index >= 15 is 0 Å². The number of hydrogen-bond acceptors (Lipinski definition) is 5. The van der Waals surface area contributed by atoms with Crippen LogP contribution < -0.4 is 0 Å². The molecule has 0 bridgehead atoms. The van der Waals surface area contributed by atoms with Gasteiger partial charge in [-0.2, -0.15) is 11.8 Å². The molecule has 0 rings (SSSR count). The fourth-order valence-electron chi connectivity index (χ4n) is 0.749. The minimum Gasteiger partial charge on any atom is -0.462 e. The van der Waals surface area contributed by atoms with Gasteiger partial charge in [-0.1, -0.05) is 12.7 Å². The van der Waals surface area contributed by atoms with E-state index in [1.807, 2.05) is 6.26 Å². The molecule has 0 aromatic carbocycles. The third-order valence-electron chi connectivity index (χ3n) is 1.44. The molecule has 0 aromatic rings. The topological polar surface area (TPSA) is 52.6 Å². The first-order valence-corrected chi connectivity index (χ1v) is 6.21. The van der Waals surface area contributed by atoms with Crippen LogP contribution in [0.1, 0.15) is 6.42 Å². The van der Waals surface area contributed by atoms with Gasteiger partial charge in [0.25, 0.3) is 0 Å². The second-order valence-electron chi connectivity index (χ2n) is 2.77. The summed E-state index contributed by atoms with van der Waals surface area (Å²) < 4.78 is 9.46. The Morgan fingerprint density at radius 2 is 1.88 bits per heavy atom. The van der Waals surface area contributed by atoms with Crippen molar-refractivity contribution in [2.45, 2.75) is 6.42 Å². The molecule has 0 radical (unpaired) electrons. The standard InChI is InChI=1S/C11H16O4S/c1-3-7-14-10(12)5-6-11(13)15-8-4-9-16-2/h3,5-6H,1,4,7-9H2,2H3/b6-5-. The van der Waals surface area contributed by atoms with Gasteiger partial charge in [-0.05, 0) is 18.4 Å². The van der Waals surface area contributed by atoms with E-state index in [0.29, 0.717) is 6.61 Å². The predicted molar refractivity (Wildman–Crippen MR) is 64.3 cm³/mol. The molecular formula is C11H16O4S. The molecule has 0 unspecified atom stereocenters. The first kappa shape index (κ1) is 14.8. The Labute approximate surface area is 99.7 Å². The highest BCUT2D eigenvalue weighted by Gasteiger charge is 1.99. The van der Waals surface area contributed by atoms with Crippen molar-refractivity contribution >= 4 is 23.7 Å². The average Bonchev–Trinajstić information content (AvgIpc) is 2.29. The number of rotatable bonds is 8. The van der Waals surface area contributed by atoms with Crippen molar-refractivity contribution in [2.24, 2.45) is 0 Å². The highest BCUT2D eigenvalue weighted by molar-refractivity contribution is 7.98. The summed E-state index contributed by atoms with van der Waals surface area (Å²) in [6, 6.07) is 0. The Morgan fingerprint density at radius 1 is 1.25 bits per heavy atom.